The number of pyridine rings is 1. The molecule has 3 N–H and O–H groups in total. The van der Waals surface area contributed by atoms with Gasteiger partial charge in [-0.25, -0.2) is 9.67 Å². The molecule has 0 saturated carbocycles. The van der Waals surface area contributed by atoms with Crippen LogP contribution in [-0.2, 0) is 6.42 Å². The van der Waals surface area contributed by atoms with Gasteiger partial charge >= 0.3 is 0 Å². The van der Waals surface area contributed by atoms with Crippen molar-refractivity contribution >= 4 is 0 Å². The second kappa shape index (κ2) is 5.90. The molecule has 2 aromatic heterocycles. The van der Waals surface area contributed by atoms with Gasteiger partial charge in [-0.3, -0.25) is 16.3 Å². The van der Waals surface area contributed by atoms with E-state index in [1.54, 1.807) is 12.5 Å². The van der Waals surface area contributed by atoms with E-state index in [-0.39, 0.29) is 12.1 Å². The van der Waals surface area contributed by atoms with Crippen molar-refractivity contribution in [1.29, 1.82) is 0 Å². The highest BCUT2D eigenvalue weighted by molar-refractivity contribution is 5.21. The minimum Gasteiger partial charge on any atom is -0.271 e. The molecule has 0 saturated heterocycles. The molecule has 0 fully saturated rings. The van der Waals surface area contributed by atoms with Crippen molar-refractivity contribution in [2.75, 3.05) is 0 Å². The Morgan fingerprint density at radius 3 is 2.79 bits per heavy atom. The molecule has 0 radical (unpaired) electrons. The van der Waals surface area contributed by atoms with Crippen LogP contribution in [0.1, 0.15) is 43.0 Å². The summed E-state index contributed by atoms with van der Waals surface area (Å²) in [6, 6.07) is 4.16. The van der Waals surface area contributed by atoms with E-state index in [2.05, 4.69) is 34.3 Å². The van der Waals surface area contributed by atoms with Crippen LogP contribution >= 0.6 is 0 Å². The summed E-state index contributed by atoms with van der Waals surface area (Å²) in [6.07, 6.45) is 4.01. The number of nitrogens with one attached hydrogen (secondary N) is 1. The molecule has 2 aromatic rings. The molecular formula is C13H20N6. The third-order valence-electron chi connectivity index (χ3n) is 3.10. The Balaban J connectivity index is 2.25. The molecule has 0 aliphatic heterocycles. The second-order valence-corrected chi connectivity index (χ2v) is 4.84. The molecule has 2 rings (SSSR count). The summed E-state index contributed by atoms with van der Waals surface area (Å²) in [5, 5.41) is 4.24. The highest BCUT2D eigenvalue weighted by Gasteiger charge is 2.18. The summed E-state index contributed by atoms with van der Waals surface area (Å²) in [5.41, 5.74) is 4.88. The van der Waals surface area contributed by atoms with Crippen LogP contribution in [0.15, 0.2) is 24.7 Å². The smallest absolute Gasteiger partial charge is 0.138 e. The predicted octanol–water partition coefficient (Wildman–Crippen LogP) is 1.31. The van der Waals surface area contributed by atoms with Gasteiger partial charge in [0.15, 0.2) is 0 Å². The van der Waals surface area contributed by atoms with E-state index in [0.29, 0.717) is 6.42 Å². The minimum atomic E-state index is -0.0668. The maximum absolute atomic E-state index is 5.67. The molecule has 0 aromatic carbocycles. The summed E-state index contributed by atoms with van der Waals surface area (Å²) in [6.45, 7) is 6.18. The van der Waals surface area contributed by atoms with Gasteiger partial charge in [0.2, 0.25) is 0 Å². The first-order valence-electron chi connectivity index (χ1n) is 6.39. The fourth-order valence-corrected chi connectivity index (χ4v) is 2.13. The van der Waals surface area contributed by atoms with Crippen molar-refractivity contribution in [1.82, 2.24) is 25.2 Å². The molecule has 1 atom stereocenters. The van der Waals surface area contributed by atoms with E-state index in [0.717, 1.165) is 17.1 Å². The fourth-order valence-electron chi connectivity index (χ4n) is 2.13. The molecule has 0 aliphatic carbocycles. The van der Waals surface area contributed by atoms with Gasteiger partial charge in [-0.2, -0.15) is 5.10 Å². The summed E-state index contributed by atoms with van der Waals surface area (Å²) >= 11 is 0. The van der Waals surface area contributed by atoms with Crippen molar-refractivity contribution in [2.45, 2.75) is 39.3 Å². The lowest BCUT2D eigenvalue weighted by Gasteiger charge is -2.18. The predicted molar refractivity (Wildman–Crippen MR) is 73.1 cm³/mol. The van der Waals surface area contributed by atoms with Gasteiger partial charge in [-0.1, -0.05) is 6.07 Å². The number of nitrogens with two attached hydrogens (primary N) is 1. The average molecular weight is 260 g/mol. The third-order valence-corrected chi connectivity index (χ3v) is 3.10. The fraction of sp³-hybridized carbons (Fsp3) is 0.462. The number of rotatable bonds is 5. The zero-order chi connectivity index (χ0) is 13.8. The summed E-state index contributed by atoms with van der Waals surface area (Å²) in [4.78, 5) is 8.71. The highest BCUT2D eigenvalue weighted by atomic mass is 15.3. The first kappa shape index (κ1) is 13.6. The Hall–Kier alpha value is -1.79. The van der Waals surface area contributed by atoms with Crippen molar-refractivity contribution in [2.24, 2.45) is 5.84 Å². The maximum atomic E-state index is 5.67. The minimum absolute atomic E-state index is 0.0668. The Morgan fingerprint density at radius 2 is 2.16 bits per heavy atom. The second-order valence-electron chi connectivity index (χ2n) is 4.84. The Bertz CT molecular complexity index is 533. The largest absolute Gasteiger partial charge is 0.271 e. The number of hydrazine groups is 1. The monoisotopic (exact) mass is 260 g/mol. The van der Waals surface area contributed by atoms with Gasteiger partial charge in [0.05, 0.1) is 11.7 Å². The van der Waals surface area contributed by atoms with Gasteiger partial charge in [-0.05, 0) is 32.4 Å². The van der Waals surface area contributed by atoms with Crippen LogP contribution in [0.3, 0.4) is 0 Å². The quantitative estimate of drug-likeness (QED) is 0.625. The molecule has 0 spiro atoms. The molecule has 2 heterocycles. The molecule has 1 unspecified atom stereocenters. The Labute approximate surface area is 113 Å². The van der Waals surface area contributed by atoms with Crippen LogP contribution < -0.4 is 11.3 Å². The van der Waals surface area contributed by atoms with E-state index in [1.807, 2.05) is 23.7 Å². The van der Waals surface area contributed by atoms with Gasteiger partial charge in [-0.15, -0.1) is 0 Å². The molecule has 0 aliphatic rings. The maximum Gasteiger partial charge on any atom is 0.138 e. The van der Waals surface area contributed by atoms with Crippen LogP contribution in [0.5, 0.6) is 0 Å². The first-order chi connectivity index (χ1) is 9.13. The van der Waals surface area contributed by atoms with Crippen LogP contribution in [-0.4, -0.2) is 19.7 Å². The molecule has 0 bridgehead atoms. The molecule has 0 amide bonds. The lowest BCUT2D eigenvalue weighted by atomic mass is 10.1. The normalized spacial score (nSPS) is 12.9. The summed E-state index contributed by atoms with van der Waals surface area (Å²) in [7, 11) is 0. The number of hydrogen-bond donors (Lipinski definition) is 2. The first-order valence-corrected chi connectivity index (χ1v) is 6.39. The SMILES string of the molecule is Cc1cccnc1C(Cc1ncnn1C(C)C)NN. The standard InChI is InChI=1S/C13H20N6/c1-9(2)19-12(16-8-17-19)7-11(18-14)13-10(3)5-4-6-15-13/h4-6,8-9,11,18H,7,14H2,1-3H3. The number of nitrogens with zero attached hydrogens (tertiary/aromatic N) is 4. The zero-order valence-electron chi connectivity index (χ0n) is 11.5. The zero-order valence-corrected chi connectivity index (χ0v) is 11.5. The molecule has 19 heavy (non-hydrogen) atoms. The summed E-state index contributed by atoms with van der Waals surface area (Å²) in [5.74, 6) is 6.57. The molecular weight excluding hydrogens is 240 g/mol. The highest BCUT2D eigenvalue weighted by Crippen LogP contribution is 2.19. The molecule has 6 nitrogen and oxygen atoms in total. The number of aryl methyl sites for hydroxylation is 1. The van der Waals surface area contributed by atoms with E-state index in [9.17, 15) is 0 Å². The van der Waals surface area contributed by atoms with Crippen molar-refractivity contribution < 1.29 is 0 Å². The third kappa shape index (κ3) is 2.97. The summed E-state index contributed by atoms with van der Waals surface area (Å²) < 4.78 is 1.91. The van der Waals surface area contributed by atoms with E-state index < -0.39 is 0 Å². The van der Waals surface area contributed by atoms with E-state index >= 15 is 0 Å². The Kier molecular flexibility index (Phi) is 4.24. The Morgan fingerprint density at radius 1 is 1.37 bits per heavy atom. The van der Waals surface area contributed by atoms with E-state index in [1.165, 1.54) is 0 Å². The lowest BCUT2D eigenvalue weighted by Crippen LogP contribution is -2.31. The van der Waals surface area contributed by atoms with Crippen molar-refractivity contribution in [3.05, 3.63) is 41.7 Å². The average Bonchev–Trinajstić information content (AvgIpc) is 2.85. The lowest BCUT2D eigenvalue weighted by molar-refractivity contribution is 0.463. The van der Waals surface area contributed by atoms with Crippen molar-refractivity contribution in [3.63, 3.8) is 0 Å². The van der Waals surface area contributed by atoms with Gasteiger partial charge in [0.1, 0.15) is 12.2 Å². The van der Waals surface area contributed by atoms with Crippen molar-refractivity contribution in [3.8, 4) is 0 Å². The van der Waals surface area contributed by atoms with Crippen LogP contribution in [0.2, 0.25) is 0 Å². The van der Waals surface area contributed by atoms with Gasteiger partial charge in [0.25, 0.3) is 0 Å². The van der Waals surface area contributed by atoms with E-state index in [4.69, 9.17) is 5.84 Å². The van der Waals surface area contributed by atoms with Gasteiger partial charge < -0.3 is 0 Å². The number of hydrogen-bond acceptors (Lipinski definition) is 5. The molecule has 6 heteroatoms. The van der Waals surface area contributed by atoms with Gasteiger partial charge in [0, 0.05) is 18.7 Å². The van der Waals surface area contributed by atoms with Crippen LogP contribution in [0.4, 0.5) is 0 Å². The topological polar surface area (TPSA) is 81.7 Å². The van der Waals surface area contributed by atoms with Crippen LogP contribution in [0.25, 0.3) is 0 Å². The van der Waals surface area contributed by atoms with Crippen LogP contribution in [0, 0.1) is 6.92 Å². The molecule has 102 valence electrons. The number of aromatic nitrogens is 4.